The molecule has 19 heavy (non-hydrogen) atoms. The molecule has 0 heterocycles. The molecule has 1 atom stereocenters. The van der Waals surface area contributed by atoms with Gasteiger partial charge in [0.2, 0.25) is 0 Å². The second-order valence-corrected chi connectivity index (χ2v) is 5.71. The smallest absolute Gasteiger partial charge is 0.323 e. The van der Waals surface area contributed by atoms with E-state index in [4.69, 9.17) is 5.11 Å². The van der Waals surface area contributed by atoms with Crippen LogP contribution >= 0.6 is 22.6 Å². The van der Waals surface area contributed by atoms with Crippen LogP contribution in [0.25, 0.3) is 0 Å². The van der Waals surface area contributed by atoms with E-state index < -0.39 is 5.97 Å². The van der Waals surface area contributed by atoms with E-state index in [2.05, 4.69) is 22.6 Å². The van der Waals surface area contributed by atoms with E-state index in [9.17, 15) is 9.59 Å². The molecule has 104 valence electrons. The largest absolute Gasteiger partial charge is 0.480 e. The number of carboxylic acid groups (broad SMARTS) is 1. The highest BCUT2D eigenvalue weighted by Gasteiger charge is 2.23. The van der Waals surface area contributed by atoms with Gasteiger partial charge in [-0.25, -0.2) is 0 Å². The summed E-state index contributed by atoms with van der Waals surface area (Å²) in [6, 6.07) is 5.33. The molecular weight excluding hydrogens is 357 g/mol. The van der Waals surface area contributed by atoms with Gasteiger partial charge >= 0.3 is 5.97 Å². The number of carbonyl (C=O) groups is 2. The lowest BCUT2D eigenvalue weighted by molar-refractivity contribution is -0.138. The topological polar surface area (TPSA) is 57.6 Å². The van der Waals surface area contributed by atoms with Gasteiger partial charge in [0.15, 0.2) is 0 Å². The number of benzene rings is 1. The minimum absolute atomic E-state index is 0.0948. The molecule has 0 fully saturated rings. The van der Waals surface area contributed by atoms with Gasteiger partial charge in [-0.3, -0.25) is 9.59 Å². The fourth-order valence-corrected chi connectivity index (χ4v) is 2.20. The Morgan fingerprint density at radius 1 is 1.42 bits per heavy atom. The highest BCUT2D eigenvalue weighted by molar-refractivity contribution is 14.1. The van der Waals surface area contributed by atoms with Crippen molar-refractivity contribution in [2.24, 2.45) is 0 Å². The molecule has 0 saturated heterocycles. The van der Waals surface area contributed by atoms with E-state index in [1.165, 1.54) is 4.90 Å². The number of aryl methyl sites for hydroxylation is 1. The zero-order valence-corrected chi connectivity index (χ0v) is 13.5. The molecule has 0 aliphatic carbocycles. The summed E-state index contributed by atoms with van der Waals surface area (Å²) in [6.45, 7) is 5.50. The molecule has 1 aromatic carbocycles. The summed E-state index contributed by atoms with van der Waals surface area (Å²) in [4.78, 5) is 24.7. The van der Waals surface area contributed by atoms with Gasteiger partial charge in [0.1, 0.15) is 6.54 Å². The van der Waals surface area contributed by atoms with E-state index in [0.717, 1.165) is 15.6 Å². The maximum absolute atomic E-state index is 12.4. The van der Waals surface area contributed by atoms with Crippen molar-refractivity contribution in [3.05, 3.63) is 32.9 Å². The molecule has 5 heteroatoms. The molecule has 1 N–H and O–H groups in total. The molecule has 1 rings (SSSR count). The lowest BCUT2D eigenvalue weighted by Gasteiger charge is -2.27. The first-order valence-electron chi connectivity index (χ1n) is 6.15. The molecule has 0 radical (unpaired) electrons. The Labute approximate surface area is 126 Å². The minimum atomic E-state index is -0.990. The van der Waals surface area contributed by atoms with Crippen LogP contribution in [0, 0.1) is 10.5 Å². The molecule has 0 aromatic heterocycles. The quantitative estimate of drug-likeness (QED) is 0.806. The summed E-state index contributed by atoms with van der Waals surface area (Å²) in [6.07, 6.45) is 0.724. The normalized spacial score (nSPS) is 12.0. The number of carboxylic acids is 1. The minimum Gasteiger partial charge on any atom is -0.480 e. The third-order valence-electron chi connectivity index (χ3n) is 3.11. The Morgan fingerprint density at radius 2 is 2.05 bits per heavy atom. The SMILES string of the molecule is CCC(C)N(CC(=O)O)C(=O)c1ccc(C)c(I)c1. The Bertz CT molecular complexity index is 488. The van der Waals surface area contributed by atoms with Gasteiger partial charge in [0.05, 0.1) is 0 Å². The molecular formula is C14H18INO3. The Hall–Kier alpha value is -1.11. The van der Waals surface area contributed by atoms with Crippen LogP contribution in [0.3, 0.4) is 0 Å². The van der Waals surface area contributed by atoms with Crippen LogP contribution in [0.5, 0.6) is 0 Å². The van der Waals surface area contributed by atoms with E-state index >= 15 is 0 Å². The van der Waals surface area contributed by atoms with Gasteiger partial charge < -0.3 is 10.0 Å². The van der Waals surface area contributed by atoms with Gasteiger partial charge in [-0.05, 0) is 60.6 Å². The van der Waals surface area contributed by atoms with Crippen LogP contribution in [0.4, 0.5) is 0 Å². The Balaban J connectivity index is 3.04. The first-order chi connectivity index (χ1) is 8.86. The predicted octanol–water partition coefficient (Wildman–Crippen LogP) is 2.92. The van der Waals surface area contributed by atoms with Crippen LogP contribution in [0.15, 0.2) is 18.2 Å². The van der Waals surface area contributed by atoms with Crippen LogP contribution in [0.2, 0.25) is 0 Å². The third-order valence-corrected chi connectivity index (χ3v) is 4.27. The Kier molecular flexibility index (Phi) is 5.78. The third kappa shape index (κ3) is 4.19. The first kappa shape index (κ1) is 15.9. The van der Waals surface area contributed by atoms with Crippen molar-refractivity contribution in [1.29, 1.82) is 0 Å². The number of aliphatic carboxylic acids is 1. The van der Waals surface area contributed by atoms with Gasteiger partial charge in [-0.1, -0.05) is 13.0 Å². The molecule has 1 amide bonds. The van der Waals surface area contributed by atoms with E-state index in [1.54, 1.807) is 12.1 Å². The van der Waals surface area contributed by atoms with Crippen molar-refractivity contribution in [1.82, 2.24) is 4.90 Å². The summed E-state index contributed by atoms with van der Waals surface area (Å²) < 4.78 is 1.00. The molecule has 0 aliphatic rings. The zero-order chi connectivity index (χ0) is 14.6. The molecule has 0 bridgehead atoms. The highest BCUT2D eigenvalue weighted by atomic mass is 127. The second kappa shape index (κ2) is 6.88. The molecule has 0 aliphatic heterocycles. The number of rotatable bonds is 5. The fraction of sp³-hybridized carbons (Fsp3) is 0.429. The van der Waals surface area contributed by atoms with Crippen LogP contribution in [-0.4, -0.2) is 34.5 Å². The maximum atomic E-state index is 12.4. The zero-order valence-electron chi connectivity index (χ0n) is 11.3. The van der Waals surface area contributed by atoms with Crippen LogP contribution in [0.1, 0.15) is 36.2 Å². The monoisotopic (exact) mass is 375 g/mol. The lowest BCUT2D eigenvalue weighted by Crippen LogP contribution is -2.41. The number of amides is 1. The van der Waals surface area contributed by atoms with Crippen molar-refractivity contribution in [3.63, 3.8) is 0 Å². The summed E-state index contributed by atoms with van der Waals surface area (Å²) in [5.41, 5.74) is 1.64. The second-order valence-electron chi connectivity index (χ2n) is 4.55. The number of halogens is 1. The molecule has 0 spiro atoms. The van der Waals surface area contributed by atoms with Gasteiger partial charge in [-0.15, -0.1) is 0 Å². The van der Waals surface area contributed by atoms with Gasteiger partial charge in [0.25, 0.3) is 5.91 Å². The molecule has 1 unspecified atom stereocenters. The van der Waals surface area contributed by atoms with Crippen molar-refractivity contribution >= 4 is 34.5 Å². The van der Waals surface area contributed by atoms with E-state index in [-0.39, 0.29) is 18.5 Å². The summed E-state index contributed by atoms with van der Waals surface area (Å²) in [5.74, 6) is -1.22. The fourth-order valence-electron chi connectivity index (χ4n) is 1.69. The van der Waals surface area contributed by atoms with Gasteiger partial charge in [-0.2, -0.15) is 0 Å². The summed E-state index contributed by atoms with van der Waals surface area (Å²) in [5, 5.41) is 8.93. The van der Waals surface area contributed by atoms with Crippen LogP contribution < -0.4 is 0 Å². The summed E-state index contributed by atoms with van der Waals surface area (Å²) >= 11 is 2.17. The maximum Gasteiger partial charge on any atom is 0.323 e. The Morgan fingerprint density at radius 3 is 2.53 bits per heavy atom. The highest BCUT2D eigenvalue weighted by Crippen LogP contribution is 2.16. The van der Waals surface area contributed by atoms with Crippen molar-refractivity contribution in [2.45, 2.75) is 33.2 Å². The van der Waals surface area contributed by atoms with E-state index in [1.807, 2.05) is 26.8 Å². The van der Waals surface area contributed by atoms with Crippen molar-refractivity contribution < 1.29 is 14.7 Å². The van der Waals surface area contributed by atoms with Gasteiger partial charge in [0, 0.05) is 15.2 Å². The molecule has 1 aromatic rings. The first-order valence-corrected chi connectivity index (χ1v) is 7.23. The van der Waals surface area contributed by atoms with Crippen LogP contribution in [-0.2, 0) is 4.79 Å². The molecule has 0 saturated carbocycles. The van der Waals surface area contributed by atoms with Crippen molar-refractivity contribution in [3.8, 4) is 0 Å². The molecule has 4 nitrogen and oxygen atoms in total. The number of carbonyl (C=O) groups excluding carboxylic acids is 1. The summed E-state index contributed by atoms with van der Waals surface area (Å²) in [7, 11) is 0. The number of hydrogen-bond donors (Lipinski definition) is 1. The standard InChI is InChI=1S/C14H18INO3/c1-4-10(3)16(8-13(17)18)14(19)11-6-5-9(2)12(15)7-11/h5-7,10H,4,8H2,1-3H3,(H,17,18). The average molecular weight is 375 g/mol. The number of hydrogen-bond acceptors (Lipinski definition) is 2. The van der Waals surface area contributed by atoms with E-state index in [0.29, 0.717) is 5.56 Å². The lowest BCUT2D eigenvalue weighted by atomic mass is 10.1. The average Bonchev–Trinajstić information content (AvgIpc) is 2.37. The van der Waals surface area contributed by atoms with Crippen molar-refractivity contribution in [2.75, 3.05) is 6.54 Å². The number of nitrogens with zero attached hydrogens (tertiary/aromatic N) is 1. The predicted molar refractivity (Wildman–Crippen MR) is 82.3 cm³/mol.